The van der Waals surface area contributed by atoms with Crippen LogP contribution in [0, 0.1) is 0 Å². The zero-order valence-electron chi connectivity index (χ0n) is 12.7. The minimum absolute atomic E-state index is 0.0248. The van der Waals surface area contributed by atoms with Gasteiger partial charge in [0, 0.05) is 33.1 Å². The Morgan fingerprint density at radius 3 is 2.10 bits per heavy atom. The van der Waals surface area contributed by atoms with Crippen LogP contribution in [0.15, 0.2) is 0 Å². The SMILES string of the molecule is CCC(C(=O)O)N(C)C(=O)NCCC(=O)N(CC)CC. The molecule has 0 bridgehead atoms. The summed E-state index contributed by atoms with van der Waals surface area (Å²) >= 11 is 0. The maximum atomic E-state index is 11.8. The summed E-state index contributed by atoms with van der Waals surface area (Å²) in [5.74, 6) is -1.06. The molecule has 0 saturated carbocycles. The van der Waals surface area contributed by atoms with Crippen molar-refractivity contribution in [2.24, 2.45) is 0 Å². The summed E-state index contributed by atoms with van der Waals surface area (Å²) in [6, 6.07) is -1.33. The molecule has 20 heavy (non-hydrogen) atoms. The second kappa shape index (κ2) is 9.17. The van der Waals surface area contributed by atoms with Crippen LogP contribution in [-0.4, -0.2) is 65.5 Å². The highest BCUT2D eigenvalue weighted by atomic mass is 16.4. The van der Waals surface area contributed by atoms with Gasteiger partial charge in [-0.15, -0.1) is 0 Å². The van der Waals surface area contributed by atoms with Crippen LogP contribution < -0.4 is 5.32 Å². The Hall–Kier alpha value is -1.79. The number of carboxylic acids is 1. The van der Waals surface area contributed by atoms with Gasteiger partial charge in [0.2, 0.25) is 5.91 Å². The van der Waals surface area contributed by atoms with Crippen molar-refractivity contribution in [2.45, 2.75) is 39.7 Å². The molecule has 0 spiro atoms. The Morgan fingerprint density at radius 1 is 1.15 bits per heavy atom. The van der Waals surface area contributed by atoms with Gasteiger partial charge in [-0.3, -0.25) is 4.79 Å². The Morgan fingerprint density at radius 2 is 1.70 bits per heavy atom. The molecule has 0 aliphatic heterocycles. The van der Waals surface area contributed by atoms with Gasteiger partial charge in [-0.1, -0.05) is 6.92 Å². The van der Waals surface area contributed by atoms with Gasteiger partial charge in [0.1, 0.15) is 6.04 Å². The molecule has 1 atom stereocenters. The van der Waals surface area contributed by atoms with Crippen LogP contribution in [-0.2, 0) is 9.59 Å². The number of rotatable bonds is 8. The largest absolute Gasteiger partial charge is 0.480 e. The standard InChI is InChI=1S/C13H25N3O4/c1-5-10(12(18)19)15(4)13(20)14-9-8-11(17)16(6-2)7-3/h10H,5-9H2,1-4H3,(H,14,20)(H,18,19). The van der Waals surface area contributed by atoms with E-state index in [2.05, 4.69) is 5.32 Å². The van der Waals surface area contributed by atoms with Crippen LogP contribution in [0.2, 0.25) is 0 Å². The molecule has 0 aromatic heterocycles. The lowest BCUT2D eigenvalue weighted by molar-refractivity contribution is -0.142. The molecular formula is C13H25N3O4. The number of aliphatic carboxylic acids is 1. The third kappa shape index (κ3) is 5.46. The maximum Gasteiger partial charge on any atom is 0.326 e. The summed E-state index contributed by atoms with van der Waals surface area (Å²) in [6.07, 6.45) is 0.544. The number of likely N-dealkylation sites (N-methyl/N-ethyl adjacent to an activating group) is 1. The maximum absolute atomic E-state index is 11.8. The summed E-state index contributed by atoms with van der Waals surface area (Å²) in [5.41, 5.74) is 0. The van der Waals surface area contributed by atoms with E-state index in [0.29, 0.717) is 19.5 Å². The molecule has 0 aromatic rings. The first-order chi connectivity index (χ1) is 9.38. The van der Waals surface area contributed by atoms with E-state index in [1.54, 1.807) is 11.8 Å². The second-order valence-electron chi connectivity index (χ2n) is 4.42. The molecule has 0 aliphatic rings. The fourth-order valence-corrected chi connectivity index (χ4v) is 1.89. The fourth-order valence-electron chi connectivity index (χ4n) is 1.89. The van der Waals surface area contributed by atoms with E-state index in [4.69, 9.17) is 5.11 Å². The van der Waals surface area contributed by atoms with Gasteiger partial charge in [-0.25, -0.2) is 9.59 Å². The van der Waals surface area contributed by atoms with Crippen LogP contribution in [0.1, 0.15) is 33.6 Å². The number of nitrogens with zero attached hydrogens (tertiary/aromatic N) is 2. The number of hydrogen-bond donors (Lipinski definition) is 2. The Balaban J connectivity index is 4.23. The number of carbonyl (C=O) groups excluding carboxylic acids is 2. The molecule has 1 unspecified atom stereocenters. The molecule has 0 radical (unpaired) electrons. The monoisotopic (exact) mass is 287 g/mol. The molecule has 7 heteroatoms. The van der Waals surface area contributed by atoms with Crippen LogP contribution >= 0.6 is 0 Å². The fraction of sp³-hybridized carbons (Fsp3) is 0.769. The molecule has 2 N–H and O–H groups in total. The lowest BCUT2D eigenvalue weighted by atomic mass is 10.2. The van der Waals surface area contributed by atoms with Crippen molar-refractivity contribution in [1.82, 2.24) is 15.1 Å². The lowest BCUT2D eigenvalue weighted by Gasteiger charge is -2.24. The summed E-state index contributed by atoms with van der Waals surface area (Å²) in [6.45, 7) is 6.97. The first-order valence-electron chi connectivity index (χ1n) is 6.90. The summed E-state index contributed by atoms with van der Waals surface area (Å²) in [7, 11) is 1.43. The third-order valence-corrected chi connectivity index (χ3v) is 3.19. The highest BCUT2D eigenvalue weighted by molar-refractivity contribution is 5.83. The van der Waals surface area contributed by atoms with E-state index < -0.39 is 18.0 Å². The highest BCUT2D eigenvalue weighted by Gasteiger charge is 2.24. The van der Waals surface area contributed by atoms with Crippen molar-refractivity contribution >= 4 is 17.9 Å². The zero-order chi connectivity index (χ0) is 15.7. The normalized spacial score (nSPS) is 11.6. The van der Waals surface area contributed by atoms with Crippen LogP contribution in [0.4, 0.5) is 4.79 Å². The molecule has 0 rings (SSSR count). The minimum Gasteiger partial charge on any atom is -0.480 e. The summed E-state index contributed by atoms with van der Waals surface area (Å²) in [5, 5.41) is 11.5. The van der Waals surface area contributed by atoms with Crippen LogP contribution in [0.3, 0.4) is 0 Å². The molecule has 0 aromatic carbocycles. The number of carboxylic acid groups (broad SMARTS) is 1. The smallest absolute Gasteiger partial charge is 0.326 e. The van der Waals surface area contributed by atoms with E-state index in [1.807, 2.05) is 13.8 Å². The Labute approximate surface area is 119 Å². The lowest BCUT2D eigenvalue weighted by Crippen LogP contribution is -2.47. The van der Waals surface area contributed by atoms with Crippen molar-refractivity contribution < 1.29 is 19.5 Å². The molecule has 0 fully saturated rings. The first kappa shape index (κ1) is 18.2. The predicted octanol–water partition coefficient (Wildman–Crippen LogP) is 0.750. The Kier molecular flexibility index (Phi) is 8.35. The van der Waals surface area contributed by atoms with Crippen molar-refractivity contribution in [3.63, 3.8) is 0 Å². The quantitative estimate of drug-likeness (QED) is 0.689. The molecule has 7 nitrogen and oxygen atoms in total. The second-order valence-corrected chi connectivity index (χ2v) is 4.42. The van der Waals surface area contributed by atoms with E-state index in [-0.39, 0.29) is 18.9 Å². The van der Waals surface area contributed by atoms with E-state index in [1.165, 1.54) is 7.05 Å². The topological polar surface area (TPSA) is 90.0 Å². The molecule has 3 amide bonds. The van der Waals surface area contributed by atoms with E-state index in [9.17, 15) is 14.4 Å². The van der Waals surface area contributed by atoms with Crippen molar-refractivity contribution in [1.29, 1.82) is 0 Å². The average molecular weight is 287 g/mol. The van der Waals surface area contributed by atoms with Crippen molar-refractivity contribution in [2.75, 3.05) is 26.7 Å². The van der Waals surface area contributed by atoms with Gasteiger partial charge in [-0.05, 0) is 20.3 Å². The minimum atomic E-state index is -1.04. The number of amides is 3. The summed E-state index contributed by atoms with van der Waals surface area (Å²) in [4.78, 5) is 37.3. The van der Waals surface area contributed by atoms with Crippen LogP contribution in [0.25, 0.3) is 0 Å². The first-order valence-corrected chi connectivity index (χ1v) is 6.90. The van der Waals surface area contributed by atoms with Gasteiger partial charge >= 0.3 is 12.0 Å². The predicted molar refractivity (Wildman–Crippen MR) is 75.4 cm³/mol. The zero-order valence-corrected chi connectivity index (χ0v) is 12.7. The van der Waals surface area contributed by atoms with Gasteiger partial charge in [-0.2, -0.15) is 0 Å². The van der Waals surface area contributed by atoms with Gasteiger partial charge < -0.3 is 20.2 Å². The average Bonchev–Trinajstić information content (AvgIpc) is 2.40. The molecular weight excluding hydrogens is 262 g/mol. The van der Waals surface area contributed by atoms with E-state index >= 15 is 0 Å². The number of urea groups is 1. The van der Waals surface area contributed by atoms with Gasteiger partial charge in [0.05, 0.1) is 0 Å². The molecule has 116 valence electrons. The summed E-state index contributed by atoms with van der Waals surface area (Å²) < 4.78 is 0. The van der Waals surface area contributed by atoms with Crippen LogP contribution in [0.5, 0.6) is 0 Å². The van der Waals surface area contributed by atoms with E-state index in [0.717, 1.165) is 4.90 Å². The molecule has 0 aliphatic carbocycles. The van der Waals surface area contributed by atoms with Gasteiger partial charge in [0.15, 0.2) is 0 Å². The number of carbonyl (C=O) groups is 3. The van der Waals surface area contributed by atoms with Crippen molar-refractivity contribution in [3.05, 3.63) is 0 Å². The highest BCUT2D eigenvalue weighted by Crippen LogP contribution is 2.02. The molecule has 0 heterocycles. The van der Waals surface area contributed by atoms with Crippen molar-refractivity contribution in [3.8, 4) is 0 Å². The third-order valence-electron chi connectivity index (χ3n) is 3.19. The molecule has 0 saturated heterocycles. The van der Waals surface area contributed by atoms with Gasteiger partial charge in [0.25, 0.3) is 0 Å². The Bertz CT molecular complexity index is 343. The number of hydrogen-bond acceptors (Lipinski definition) is 3. The number of nitrogens with one attached hydrogen (secondary N) is 1.